The van der Waals surface area contributed by atoms with Crippen LogP contribution in [0.1, 0.15) is 17.2 Å². The van der Waals surface area contributed by atoms with E-state index in [1.807, 2.05) is 12.1 Å². The molecule has 2 aliphatic rings. The molecule has 1 saturated heterocycles. The summed E-state index contributed by atoms with van der Waals surface area (Å²) in [5, 5.41) is 0. The normalized spacial score (nSPS) is 20.5. The highest BCUT2D eigenvalue weighted by molar-refractivity contribution is 9.10. The van der Waals surface area contributed by atoms with Crippen LogP contribution < -0.4 is 9.47 Å². The molecule has 0 saturated carbocycles. The first-order chi connectivity index (χ1) is 12.2. The quantitative estimate of drug-likeness (QED) is 0.770. The third-order valence-electron chi connectivity index (χ3n) is 4.50. The van der Waals surface area contributed by atoms with Crippen molar-refractivity contribution < 1.29 is 18.6 Å². The maximum atomic E-state index is 13.1. The van der Waals surface area contributed by atoms with Crippen molar-refractivity contribution in [2.75, 3.05) is 32.9 Å². The molecule has 1 fully saturated rings. The van der Waals surface area contributed by atoms with Crippen LogP contribution in [0.25, 0.3) is 0 Å². The highest BCUT2D eigenvalue weighted by atomic mass is 79.9. The fourth-order valence-electron chi connectivity index (χ4n) is 3.19. The Morgan fingerprint density at radius 1 is 1.04 bits per heavy atom. The van der Waals surface area contributed by atoms with Crippen molar-refractivity contribution in [3.63, 3.8) is 0 Å². The number of morpholine rings is 1. The summed E-state index contributed by atoms with van der Waals surface area (Å²) in [6, 6.07) is 10.6. The molecular weight excluding hydrogens is 389 g/mol. The van der Waals surface area contributed by atoms with Crippen molar-refractivity contribution in [3.05, 3.63) is 57.8 Å². The van der Waals surface area contributed by atoms with Gasteiger partial charge in [0.05, 0.1) is 12.7 Å². The second-order valence-electron chi connectivity index (χ2n) is 6.23. The van der Waals surface area contributed by atoms with Gasteiger partial charge in [-0.25, -0.2) is 4.39 Å². The Balaban J connectivity index is 1.48. The zero-order valence-corrected chi connectivity index (χ0v) is 15.3. The summed E-state index contributed by atoms with van der Waals surface area (Å²) in [4.78, 5) is 2.34. The Kier molecular flexibility index (Phi) is 4.92. The molecule has 25 heavy (non-hydrogen) atoms. The number of nitrogens with zero attached hydrogens (tertiary/aromatic N) is 1. The molecule has 0 N–H and O–H groups in total. The molecule has 1 unspecified atom stereocenters. The summed E-state index contributed by atoms with van der Waals surface area (Å²) in [5.74, 6) is 1.36. The number of halogens is 2. The molecule has 132 valence electrons. The summed E-state index contributed by atoms with van der Waals surface area (Å²) in [6.45, 7) is 4.24. The van der Waals surface area contributed by atoms with Crippen LogP contribution in [0.4, 0.5) is 4.39 Å². The molecule has 0 aromatic heterocycles. The van der Waals surface area contributed by atoms with Crippen LogP contribution in [-0.2, 0) is 11.3 Å². The highest BCUT2D eigenvalue weighted by Crippen LogP contribution is 2.36. The zero-order chi connectivity index (χ0) is 17.2. The van der Waals surface area contributed by atoms with Gasteiger partial charge in [-0.15, -0.1) is 0 Å². The zero-order valence-electron chi connectivity index (χ0n) is 13.7. The third-order valence-corrected chi connectivity index (χ3v) is 5.24. The average molecular weight is 408 g/mol. The molecule has 0 aliphatic carbocycles. The lowest BCUT2D eigenvalue weighted by Crippen LogP contribution is -2.37. The smallest absolute Gasteiger partial charge is 0.162 e. The van der Waals surface area contributed by atoms with Crippen LogP contribution in [0.15, 0.2) is 40.9 Å². The maximum absolute atomic E-state index is 13.1. The van der Waals surface area contributed by atoms with Crippen molar-refractivity contribution in [2.45, 2.75) is 12.6 Å². The molecule has 2 aromatic rings. The van der Waals surface area contributed by atoms with Crippen LogP contribution in [0, 0.1) is 5.82 Å². The van der Waals surface area contributed by atoms with Gasteiger partial charge in [0.2, 0.25) is 0 Å². The average Bonchev–Trinajstić information content (AvgIpc) is 2.63. The lowest BCUT2D eigenvalue weighted by atomic mass is 10.1. The second-order valence-corrected chi connectivity index (χ2v) is 7.09. The first-order valence-corrected chi connectivity index (χ1v) is 9.16. The van der Waals surface area contributed by atoms with Gasteiger partial charge in [0.1, 0.15) is 19.0 Å². The van der Waals surface area contributed by atoms with Gasteiger partial charge < -0.3 is 14.2 Å². The van der Waals surface area contributed by atoms with E-state index < -0.39 is 0 Å². The van der Waals surface area contributed by atoms with Gasteiger partial charge in [0, 0.05) is 24.1 Å². The molecule has 0 radical (unpaired) electrons. The Labute approximate surface area is 154 Å². The lowest BCUT2D eigenvalue weighted by Gasteiger charge is -2.33. The first-order valence-electron chi connectivity index (χ1n) is 8.36. The van der Waals surface area contributed by atoms with Crippen LogP contribution in [0.5, 0.6) is 11.5 Å². The minimum absolute atomic E-state index is 0.0367. The number of hydrogen-bond donors (Lipinski definition) is 0. The molecule has 6 heteroatoms. The van der Waals surface area contributed by atoms with Crippen LogP contribution in [-0.4, -0.2) is 37.8 Å². The fourth-order valence-corrected chi connectivity index (χ4v) is 3.64. The minimum Gasteiger partial charge on any atom is -0.486 e. The predicted molar refractivity (Wildman–Crippen MR) is 95.5 cm³/mol. The van der Waals surface area contributed by atoms with E-state index in [4.69, 9.17) is 14.2 Å². The van der Waals surface area contributed by atoms with Crippen LogP contribution >= 0.6 is 15.9 Å². The topological polar surface area (TPSA) is 30.9 Å². The Hall–Kier alpha value is -1.63. The van der Waals surface area contributed by atoms with Crippen molar-refractivity contribution in [1.29, 1.82) is 0 Å². The molecule has 4 nitrogen and oxygen atoms in total. The SMILES string of the molecule is Fc1ccc(C2CN(Cc3cc4c(cc3Br)OCCO4)CCO2)cc1. The number of rotatable bonds is 3. The van der Waals surface area contributed by atoms with Crippen molar-refractivity contribution in [2.24, 2.45) is 0 Å². The summed E-state index contributed by atoms with van der Waals surface area (Å²) < 4.78 is 31.3. The van der Waals surface area contributed by atoms with Crippen LogP contribution in [0.2, 0.25) is 0 Å². The Morgan fingerprint density at radius 3 is 2.52 bits per heavy atom. The van der Waals surface area contributed by atoms with Gasteiger partial charge >= 0.3 is 0 Å². The van der Waals surface area contributed by atoms with Gasteiger partial charge in [0.15, 0.2) is 11.5 Å². The van der Waals surface area contributed by atoms with Gasteiger partial charge in [-0.2, -0.15) is 0 Å². The number of ether oxygens (including phenoxy) is 3. The second kappa shape index (κ2) is 7.32. The predicted octanol–water partition coefficient (Wildman–Crippen LogP) is 3.93. The molecule has 4 rings (SSSR count). The molecular formula is C19H19BrFNO3. The Bertz CT molecular complexity index is 753. The minimum atomic E-state index is -0.225. The van der Waals surface area contributed by atoms with Crippen molar-refractivity contribution in [3.8, 4) is 11.5 Å². The number of hydrogen-bond acceptors (Lipinski definition) is 4. The molecule has 0 amide bonds. The standard InChI is InChI=1S/C19H19BrFNO3/c20-16-10-18-17(24-7-8-25-18)9-14(16)11-22-5-6-23-19(12-22)13-1-3-15(21)4-2-13/h1-4,9-10,19H,5-8,11-12H2. The molecule has 2 aliphatic heterocycles. The monoisotopic (exact) mass is 407 g/mol. The van der Waals surface area contributed by atoms with E-state index in [9.17, 15) is 4.39 Å². The molecule has 2 heterocycles. The lowest BCUT2D eigenvalue weighted by molar-refractivity contribution is -0.0330. The third kappa shape index (κ3) is 3.81. The maximum Gasteiger partial charge on any atom is 0.162 e. The van der Waals surface area contributed by atoms with E-state index in [1.165, 1.54) is 12.1 Å². The van der Waals surface area contributed by atoms with Gasteiger partial charge in [-0.3, -0.25) is 4.90 Å². The molecule has 2 aromatic carbocycles. The van der Waals surface area contributed by atoms with E-state index in [0.29, 0.717) is 19.8 Å². The molecule has 1 atom stereocenters. The summed E-state index contributed by atoms with van der Waals surface area (Å²) in [7, 11) is 0. The van der Waals surface area contributed by atoms with Crippen LogP contribution in [0.3, 0.4) is 0 Å². The largest absolute Gasteiger partial charge is 0.486 e. The first kappa shape index (κ1) is 16.8. The van der Waals surface area contributed by atoms with Crippen molar-refractivity contribution >= 4 is 15.9 Å². The number of benzene rings is 2. The van der Waals surface area contributed by atoms with Gasteiger partial charge in [0.25, 0.3) is 0 Å². The summed E-state index contributed by atoms with van der Waals surface area (Å²) in [6.07, 6.45) is -0.0367. The van der Waals surface area contributed by atoms with Gasteiger partial charge in [-0.05, 0) is 35.4 Å². The van der Waals surface area contributed by atoms with E-state index in [1.54, 1.807) is 12.1 Å². The summed E-state index contributed by atoms with van der Waals surface area (Å²) >= 11 is 3.64. The van der Waals surface area contributed by atoms with E-state index in [-0.39, 0.29) is 11.9 Å². The Morgan fingerprint density at radius 2 is 1.76 bits per heavy atom. The van der Waals surface area contributed by atoms with Crippen molar-refractivity contribution in [1.82, 2.24) is 4.90 Å². The van der Waals surface area contributed by atoms with E-state index >= 15 is 0 Å². The fraction of sp³-hybridized carbons (Fsp3) is 0.368. The molecule has 0 spiro atoms. The highest BCUT2D eigenvalue weighted by Gasteiger charge is 2.23. The van der Waals surface area contributed by atoms with E-state index in [2.05, 4.69) is 20.8 Å². The summed E-state index contributed by atoms with van der Waals surface area (Å²) in [5.41, 5.74) is 2.16. The molecule has 0 bridgehead atoms. The van der Waals surface area contributed by atoms with E-state index in [0.717, 1.165) is 46.7 Å². The number of fused-ring (bicyclic) bond motifs is 1. The van der Waals surface area contributed by atoms with Gasteiger partial charge in [-0.1, -0.05) is 28.1 Å².